The highest BCUT2D eigenvalue weighted by molar-refractivity contribution is 9.11. The van der Waals surface area contributed by atoms with E-state index in [9.17, 15) is 4.79 Å². The van der Waals surface area contributed by atoms with Gasteiger partial charge in [-0.15, -0.1) is 0 Å². The number of carboxylic acids is 1. The van der Waals surface area contributed by atoms with E-state index in [-0.39, 0.29) is 5.56 Å². The van der Waals surface area contributed by atoms with E-state index < -0.39 is 5.97 Å². The van der Waals surface area contributed by atoms with Gasteiger partial charge in [-0.2, -0.15) is 0 Å². The van der Waals surface area contributed by atoms with Crippen molar-refractivity contribution in [3.63, 3.8) is 0 Å². The summed E-state index contributed by atoms with van der Waals surface area (Å²) < 4.78 is 0.847. The second-order valence-corrected chi connectivity index (χ2v) is 3.87. The van der Waals surface area contributed by atoms with Gasteiger partial charge in [0, 0.05) is 16.7 Å². The summed E-state index contributed by atoms with van der Waals surface area (Å²) in [5, 5.41) is 11.7. The molecule has 1 rings (SSSR count). The number of nitrogens with one attached hydrogen (secondary N) is 1. The lowest BCUT2D eigenvalue weighted by atomic mass is 10.2. The fourth-order valence-corrected chi connectivity index (χ4v) is 1.07. The number of carboxylic acid groups (broad SMARTS) is 1. The Morgan fingerprint density at radius 2 is 2.00 bits per heavy atom. The molecule has 0 aromatic heterocycles. The molecule has 0 saturated heterocycles. The predicted octanol–water partition coefficient (Wildman–Crippen LogP) is 2.71. The third kappa shape index (κ3) is 3.22. The topological polar surface area (TPSA) is 49.3 Å². The second-order valence-electron chi connectivity index (χ2n) is 2.75. The first-order valence-electron chi connectivity index (χ1n) is 4.00. The molecular weight excluding hydrogens is 246 g/mol. The zero-order chi connectivity index (χ0) is 10.6. The van der Waals surface area contributed by atoms with Gasteiger partial charge in [0.2, 0.25) is 0 Å². The maximum absolute atomic E-state index is 10.5. The quantitative estimate of drug-likeness (QED) is 0.870. The minimum atomic E-state index is -0.915. The largest absolute Gasteiger partial charge is 0.478 e. The summed E-state index contributed by atoms with van der Waals surface area (Å²) in [7, 11) is 0. The summed E-state index contributed by atoms with van der Waals surface area (Å²) in [6, 6.07) is 6.56. The van der Waals surface area contributed by atoms with Gasteiger partial charge in [0.05, 0.1) is 5.56 Å². The van der Waals surface area contributed by atoms with E-state index in [0.29, 0.717) is 6.54 Å². The molecule has 0 bridgehead atoms. The van der Waals surface area contributed by atoms with Crippen molar-refractivity contribution in [1.29, 1.82) is 0 Å². The molecule has 74 valence electrons. The van der Waals surface area contributed by atoms with Crippen LogP contribution in [-0.2, 0) is 0 Å². The van der Waals surface area contributed by atoms with Crippen molar-refractivity contribution >= 4 is 27.6 Å². The molecule has 0 aliphatic heterocycles. The standard InChI is InChI=1S/C10H10BrNO2/c1-7(11)6-12-9-4-2-8(3-5-9)10(13)14/h2-5,12H,1,6H2,(H,13,14). The molecule has 0 atom stereocenters. The summed E-state index contributed by atoms with van der Waals surface area (Å²) in [4.78, 5) is 10.5. The van der Waals surface area contributed by atoms with Crippen molar-refractivity contribution in [2.45, 2.75) is 0 Å². The zero-order valence-corrected chi connectivity index (χ0v) is 9.04. The number of benzene rings is 1. The van der Waals surface area contributed by atoms with Crippen LogP contribution in [0.25, 0.3) is 0 Å². The Kier molecular flexibility index (Phi) is 3.71. The third-order valence-corrected chi connectivity index (χ3v) is 1.90. The Labute approximate surface area is 90.6 Å². The molecule has 0 unspecified atom stereocenters. The van der Waals surface area contributed by atoms with Gasteiger partial charge in [0.1, 0.15) is 0 Å². The molecule has 0 spiro atoms. The first kappa shape index (κ1) is 10.8. The molecule has 0 heterocycles. The van der Waals surface area contributed by atoms with E-state index in [1.165, 1.54) is 0 Å². The Hall–Kier alpha value is -1.29. The summed E-state index contributed by atoms with van der Waals surface area (Å²) >= 11 is 3.22. The number of hydrogen-bond acceptors (Lipinski definition) is 2. The van der Waals surface area contributed by atoms with Crippen molar-refractivity contribution in [2.24, 2.45) is 0 Å². The van der Waals surface area contributed by atoms with Crippen molar-refractivity contribution in [3.05, 3.63) is 40.9 Å². The van der Waals surface area contributed by atoms with E-state index >= 15 is 0 Å². The van der Waals surface area contributed by atoms with E-state index in [1.54, 1.807) is 24.3 Å². The van der Waals surface area contributed by atoms with Crippen LogP contribution in [0.4, 0.5) is 5.69 Å². The molecule has 0 saturated carbocycles. The molecule has 0 fully saturated rings. The fourth-order valence-electron chi connectivity index (χ4n) is 0.929. The first-order chi connectivity index (χ1) is 6.59. The molecular formula is C10H10BrNO2. The van der Waals surface area contributed by atoms with E-state index in [4.69, 9.17) is 5.11 Å². The number of aromatic carboxylic acids is 1. The van der Waals surface area contributed by atoms with Crippen LogP contribution in [0.2, 0.25) is 0 Å². The van der Waals surface area contributed by atoms with E-state index in [1.807, 2.05) is 0 Å². The van der Waals surface area contributed by atoms with Crippen LogP contribution in [0.5, 0.6) is 0 Å². The van der Waals surface area contributed by atoms with Crippen molar-refractivity contribution in [1.82, 2.24) is 0 Å². The van der Waals surface area contributed by atoms with Crippen LogP contribution < -0.4 is 5.32 Å². The number of halogens is 1. The van der Waals surface area contributed by atoms with Gasteiger partial charge in [0.25, 0.3) is 0 Å². The number of rotatable bonds is 4. The Bertz CT molecular complexity index is 346. The van der Waals surface area contributed by atoms with Gasteiger partial charge in [-0.3, -0.25) is 0 Å². The maximum Gasteiger partial charge on any atom is 0.335 e. The molecule has 0 aliphatic carbocycles. The maximum atomic E-state index is 10.5. The second kappa shape index (κ2) is 4.81. The van der Waals surface area contributed by atoms with Crippen molar-refractivity contribution in [3.8, 4) is 0 Å². The summed E-state index contributed by atoms with van der Waals surface area (Å²) in [6.07, 6.45) is 0. The highest BCUT2D eigenvalue weighted by Crippen LogP contribution is 2.11. The van der Waals surface area contributed by atoms with Crippen molar-refractivity contribution < 1.29 is 9.90 Å². The SMILES string of the molecule is C=C(Br)CNc1ccc(C(=O)O)cc1. The van der Waals surface area contributed by atoms with Crippen LogP contribution in [-0.4, -0.2) is 17.6 Å². The Morgan fingerprint density at radius 1 is 1.43 bits per heavy atom. The van der Waals surface area contributed by atoms with E-state index in [2.05, 4.69) is 27.8 Å². The molecule has 2 N–H and O–H groups in total. The highest BCUT2D eigenvalue weighted by Gasteiger charge is 2.00. The molecule has 3 nitrogen and oxygen atoms in total. The molecule has 0 radical (unpaired) electrons. The average molecular weight is 256 g/mol. The number of hydrogen-bond donors (Lipinski definition) is 2. The minimum absolute atomic E-state index is 0.285. The molecule has 14 heavy (non-hydrogen) atoms. The summed E-state index contributed by atoms with van der Waals surface area (Å²) in [5.41, 5.74) is 1.16. The van der Waals surface area contributed by atoms with Gasteiger partial charge in [0.15, 0.2) is 0 Å². The fraction of sp³-hybridized carbons (Fsp3) is 0.100. The molecule has 0 aliphatic rings. The van der Waals surface area contributed by atoms with Crippen LogP contribution in [0.3, 0.4) is 0 Å². The van der Waals surface area contributed by atoms with Crippen LogP contribution in [0.1, 0.15) is 10.4 Å². The normalized spacial score (nSPS) is 9.50. The molecule has 0 amide bonds. The number of carbonyl (C=O) groups is 1. The van der Waals surface area contributed by atoms with E-state index in [0.717, 1.165) is 10.2 Å². The smallest absolute Gasteiger partial charge is 0.335 e. The lowest BCUT2D eigenvalue weighted by Gasteiger charge is -2.04. The first-order valence-corrected chi connectivity index (χ1v) is 4.79. The van der Waals surface area contributed by atoms with Gasteiger partial charge < -0.3 is 10.4 Å². The molecule has 4 heteroatoms. The monoisotopic (exact) mass is 255 g/mol. The van der Waals surface area contributed by atoms with Gasteiger partial charge >= 0.3 is 5.97 Å². The molecule has 1 aromatic carbocycles. The summed E-state index contributed by atoms with van der Waals surface area (Å²) in [5.74, 6) is -0.915. The predicted molar refractivity (Wildman–Crippen MR) is 60.0 cm³/mol. The zero-order valence-electron chi connectivity index (χ0n) is 7.46. The van der Waals surface area contributed by atoms with Gasteiger partial charge in [-0.05, 0) is 24.3 Å². The Morgan fingerprint density at radius 3 is 2.43 bits per heavy atom. The third-order valence-electron chi connectivity index (χ3n) is 1.62. The van der Waals surface area contributed by atoms with Crippen LogP contribution in [0, 0.1) is 0 Å². The average Bonchev–Trinajstić information content (AvgIpc) is 2.15. The lowest BCUT2D eigenvalue weighted by molar-refractivity contribution is 0.0697. The van der Waals surface area contributed by atoms with Crippen LogP contribution in [0.15, 0.2) is 35.3 Å². The van der Waals surface area contributed by atoms with Gasteiger partial charge in [-0.25, -0.2) is 4.79 Å². The van der Waals surface area contributed by atoms with Gasteiger partial charge in [-0.1, -0.05) is 22.5 Å². The summed E-state index contributed by atoms with van der Waals surface area (Å²) in [6.45, 7) is 4.29. The minimum Gasteiger partial charge on any atom is -0.478 e. The Balaban J connectivity index is 2.64. The van der Waals surface area contributed by atoms with Crippen molar-refractivity contribution in [2.75, 3.05) is 11.9 Å². The number of anilines is 1. The highest BCUT2D eigenvalue weighted by atomic mass is 79.9. The van der Waals surface area contributed by atoms with Crippen LogP contribution >= 0.6 is 15.9 Å². The lowest BCUT2D eigenvalue weighted by Crippen LogP contribution is -2.01. The molecule has 1 aromatic rings.